The van der Waals surface area contributed by atoms with Gasteiger partial charge in [0.25, 0.3) is 0 Å². The third kappa shape index (κ3) is 3.38. The Labute approximate surface area is 103 Å². The zero-order valence-electron chi connectivity index (χ0n) is 9.25. The summed E-state index contributed by atoms with van der Waals surface area (Å²) in [4.78, 5) is 11.6. The average Bonchev–Trinajstić information content (AvgIpc) is 2.03. The topological polar surface area (TPSA) is 26.3 Å². The van der Waals surface area contributed by atoms with Gasteiger partial charge < -0.3 is 33.2 Å². The molecule has 0 spiro atoms. The van der Waals surface area contributed by atoms with E-state index in [2.05, 4.69) is 14.1 Å². The van der Waals surface area contributed by atoms with Crippen LogP contribution < -0.4 is 24.0 Å². The van der Waals surface area contributed by atoms with Gasteiger partial charge in [0.2, 0.25) is 0 Å². The normalized spacial score (nSPS) is 24.9. The molecule has 0 aromatic carbocycles. The first-order valence-corrected chi connectivity index (χ1v) is 5.07. The first-order chi connectivity index (χ1) is 6.08. The number of likely N-dealkylation sites (N-methyl/N-ethyl adjacent to an activating group) is 1. The highest BCUT2D eigenvalue weighted by Gasteiger charge is 2.38. The highest BCUT2D eigenvalue weighted by Crippen LogP contribution is 2.22. The summed E-state index contributed by atoms with van der Waals surface area (Å²) in [6.07, 6.45) is 3.36. The first-order valence-electron chi connectivity index (χ1n) is 5.07. The molecule has 0 aromatic rings. The lowest BCUT2D eigenvalue weighted by Crippen LogP contribution is -3.00. The van der Waals surface area contributed by atoms with Crippen LogP contribution in [0.1, 0.15) is 26.2 Å². The minimum atomic E-state index is -0.0211. The van der Waals surface area contributed by atoms with E-state index in [0.29, 0.717) is 6.61 Å². The van der Waals surface area contributed by atoms with Crippen molar-refractivity contribution in [3.8, 4) is 0 Å². The lowest BCUT2D eigenvalue weighted by atomic mass is 10.0. The van der Waals surface area contributed by atoms with Gasteiger partial charge in [-0.1, -0.05) is 0 Å². The third-order valence-electron chi connectivity index (χ3n) is 2.86. The maximum atomic E-state index is 11.6. The molecule has 1 unspecified atom stereocenters. The number of quaternary nitrogens is 1. The van der Waals surface area contributed by atoms with Crippen LogP contribution in [0.2, 0.25) is 0 Å². The molecule has 0 radical (unpaired) electrons. The van der Waals surface area contributed by atoms with Crippen molar-refractivity contribution >= 4 is 5.97 Å². The van der Waals surface area contributed by atoms with Crippen molar-refractivity contribution in [3.63, 3.8) is 0 Å². The van der Waals surface area contributed by atoms with E-state index in [0.717, 1.165) is 23.9 Å². The molecule has 1 fully saturated rings. The summed E-state index contributed by atoms with van der Waals surface area (Å²) in [5.41, 5.74) is 0. The molecular weight excluding hydrogens is 293 g/mol. The van der Waals surface area contributed by atoms with E-state index in [-0.39, 0.29) is 36.0 Å². The standard InChI is InChI=1S/C10H20NO2.HI/c1-4-13-10(12)9-7-5-6-8-11(9,2)3;/h9H,4-8H2,1-3H3;1H/q+1;/p-1. The predicted octanol–water partition coefficient (Wildman–Crippen LogP) is -1.82. The van der Waals surface area contributed by atoms with Gasteiger partial charge in [-0.2, -0.15) is 0 Å². The predicted molar refractivity (Wildman–Crippen MR) is 51.2 cm³/mol. The van der Waals surface area contributed by atoms with Crippen LogP contribution in [0.25, 0.3) is 0 Å². The van der Waals surface area contributed by atoms with Gasteiger partial charge >= 0.3 is 5.97 Å². The van der Waals surface area contributed by atoms with Gasteiger partial charge in [-0.3, -0.25) is 0 Å². The Balaban J connectivity index is 0.00000169. The molecule has 0 aliphatic carbocycles. The van der Waals surface area contributed by atoms with Crippen molar-refractivity contribution in [2.45, 2.75) is 32.2 Å². The van der Waals surface area contributed by atoms with E-state index in [1.54, 1.807) is 0 Å². The third-order valence-corrected chi connectivity index (χ3v) is 2.86. The van der Waals surface area contributed by atoms with Crippen LogP contribution in [-0.2, 0) is 9.53 Å². The minimum Gasteiger partial charge on any atom is -1.00 e. The van der Waals surface area contributed by atoms with Crippen molar-refractivity contribution < 1.29 is 38.0 Å². The SMILES string of the molecule is CCOC(=O)C1CCCC[N+]1(C)C.[I-]. The summed E-state index contributed by atoms with van der Waals surface area (Å²) in [7, 11) is 4.22. The van der Waals surface area contributed by atoms with Crippen LogP contribution in [0.5, 0.6) is 0 Å². The van der Waals surface area contributed by atoms with Crippen molar-refractivity contribution in [1.82, 2.24) is 0 Å². The largest absolute Gasteiger partial charge is 1.00 e. The molecule has 0 bridgehead atoms. The van der Waals surface area contributed by atoms with Crippen LogP contribution in [0, 0.1) is 0 Å². The fourth-order valence-electron chi connectivity index (χ4n) is 2.00. The Morgan fingerprint density at radius 1 is 1.43 bits per heavy atom. The molecule has 1 atom stereocenters. The zero-order chi connectivity index (χ0) is 9.90. The molecule has 1 aliphatic rings. The molecule has 1 aliphatic heterocycles. The Bertz CT molecular complexity index is 195. The monoisotopic (exact) mass is 313 g/mol. The summed E-state index contributed by atoms with van der Waals surface area (Å²) in [5, 5.41) is 0. The number of rotatable bonds is 2. The molecule has 84 valence electrons. The maximum Gasteiger partial charge on any atom is 0.364 e. The Kier molecular flexibility index (Phi) is 5.97. The second-order valence-electron chi connectivity index (χ2n) is 4.27. The Morgan fingerprint density at radius 3 is 2.57 bits per heavy atom. The van der Waals surface area contributed by atoms with Crippen LogP contribution >= 0.6 is 0 Å². The highest BCUT2D eigenvalue weighted by atomic mass is 127. The number of hydrogen-bond acceptors (Lipinski definition) is 2. The van der Waals surface area contributed by atoms with Gasteiger partial charge in [-0.25, -0.2) is 4.79 Å². The minimum absolute atomic E-state index is 0. The number of hydrogen-bond donors (Lipinski definition) is 0. The van der Waals surface area contributed by atoms with E-state index in [1.165, 1.54) is 6.42 Å². The average molecular weight is 313 g/mol. The van der Waals surface area contributed by atoms with Crippen molar-refractivity contribution in [2.75, 3.05) is 27.2 Å². The lowest BCUT2D eigenvalue weighted by Gasteiger charge is -2.39. The lowest BCUT2D eigenvalue weighted by molar-refractivity contribution is -0.911. The Morgan fingerprint density at radius 2 is 2.07 bits per heavy atom. The van der Waals surface area contributed by atoms with Crippen LogP contribution in [0.4, 0.5) is 0 Å². The molecule has 1 rings (SSSR count). The number of carbonyl (C=O) groups is 1. The summed E-state index contributed by atoms with van der Waals surface area (Å²) in [5.74, 6) is -0.0211. The fraction of sp³-hybridized carbons (Fsp3) is 0.900. The number of piperidine rings is 1. The molecule has 3 nitrogen and oxygen atoms in total. The first kappa shape index (κ1) is 14.2. The van der Waals surface area contributed by atoms with Crippen molar-refractivity contribution in [2.24, 2.45) is 0 Å². The van der Waals surface area contributed by atoms with Crippen molar-refractivity contribution in [3.05, 3.63) is 0 Å². The van der Waals surface area contributed by atoms with Gasteiger partial charge in [-0.15, -0.1) is 0 Å². The Hall–Kier alpha value is 0.160. The number of esters is 1. The molecule has 14 heavy (non-hydrogen) atoms. The zero-order valence-corrected chi connectivity index (χ0v) is 11.4. The molecule has 1 saturated heterocycles. The number of nitrogens with zero attached hydrogens (tertiary/aromatic N) is 1. The highest BCUT2D eigenvalue weighted by molar-refractivity contribution is 5.74. The van der Waals surface area contributed by atoms with Gasteiger partial charge in [-0.05, 0) is 19.8 Å². The van der Waals surface area contributed by atoms with E-state index < -0.39 is 0 Å². The summed E-state index contributed by atoms with van der Waals surface area (Å²) in [6.45, 7) is 3.44. The molecule has 4 heteroatoms. The number of carbonyl (C=O) groups excluding carboxylic acids is 1. The second kappa shape index (κ2) is 5.90. The van der Waals surface area contributed by atoms with Gasteiger partial charge in [0.05, 0.1) is 27.2 Å². The van der Waals surface area contributed by atoms with Gasteiger partial charge in [0.1, 0.15) is 0 Å². The molecule has 0 amide bonds. The number of ether oxygens (including phenoxy) is 1. The summed E-state index contributed by atoms with van der Waals surface area (Å²) in [6, 6.07) is 0.0636. The van der Waals surface area contributed by atoms with E-state index in [1.807, 2.05) is 6.92 Å². The van der Waals surface area contributed by atoms with Gasteiger partial charge in [0, 0.05) is 6.42 Å². The smallest absolute Gasteiger partial charge is 0.364 e. The van der Waals surface area contributed by atoms with Crippen molar-refractivity contribution in [1.29, 1.82) is 0 Å². The van der Waals surface area contributed by atoms with E-state index in [4.69, 9.17) is 4.74 Å². The molecule has 1 heterocycles. The quantitative estimate of drug-likeness (QED) is 0.341. The number of halogens is 1. The molecular formula is C10H20INO2. The van der Waals surface area contributed by atoms with Crippen LogP contribution in [0.3, 0.4) is 0 Å². The van der Waals surface area contributed by atoms with Gasteiger partial charge in [0.15, 0.2) is 6.04 Å². The van der Waals surface area contributed by atoms with Crippen LogP contribution in [-0.4, -0.2) is 43.7 Å². The molecule has 0 aromatic heterocycles. The van der Waals surface area contributed by atoms with E-state index in [9.17, 15) is 4.79 Å². The summed E-state index contributed by atoms with van der Waals surface area (Å²) >= 11 is 0. The maximum absolute atomic E-state index is 11.6. The second-order valence-corrected chi connectivity index (χ2v) is 4.27. The summed E-state index contributed by atoms with van der Waals surface area (Å²) < 4.78 is 5.85. The molecule has 0 saturated carbocycles. The van der Waals surface area contributed by atoms with Crippen LogP contribution in [0.15, 0.2) is 0 Å². The fourth-order valence-corrected chi connectivity index (χ4v) is 2.00. The molecule has 0 N–H and O–H groups in total. The number of likely N-dealkylation sites (tertiary alicyclic amines) is 1. The van der Waals surface area contributed by atoms with E-state index >= 15 is 0 Å².